The lowest BCUT2D eigenvalue weighted by Gasteiger charge is -1.95. The molecule has 0 spiro atoms. The number of fused-ring (bicyclic) bond motifs is 1. The number of nitrogens with zero attached hydrogens (tertiary/aromatic N) is 1. The van der Waals surface area contributed by atoms with Gasteiger partial charge in [0.1, 0.15) is 10.6 Å². The first-order valence-corrected chi connectivity index (χ1v) is 7.35. The first kappa shape index (κ1) is 13.7. The number of carbonyl (C=O) groups excluding carboxylic acids is 1. The molecule has 0 saturated carbocycles. The second-order valence-corrected chi connectivity index (χ2v) is 6.25. The van der Waals surface area contributed by atoms with Crippen molar-refractivity contribution in [3.05, 3.63) is 27.1 Å². The number of carbonyl (C=O) groups is 1. The number of hydrogen-bond donors (Lipinski definition) is 0. The van der Waals surface area contributed by atoms with Crippen LogP contribution in [0.4, 0.5) is 0 Å². The van der Waals surface area contributed by atoms with Gasteiger partial charge in [-0.2, -0.15) is 0 Å². The molecule has 0 saturated heterocycles. The first-order valence-electron chi connectivity index (χ1n) is 4.82. The van der Waals surface area contributed by atoms with E-state index >= 15 is 0 Å². The van der Waals surface area contributed by atoms with Crippen LogP contribution < -0.4 is 5.63 Å². The van der Waals surface area contributed by atoms with E-state index in [1.54, 1.807) is 0 Å². The fourth-order valence-electron chi connectivity index (χ4n) is 1.34. The van der Waals surface area contributed by atoms with Gasteiger partial charge in [0.2, 0.25) is 5.71 Å². The third-order valence-electron chi connectivity index (χ3n) is 2.08. The van der Waals surface area contributed by atoms with Crippen LogP contribution in [0.2, 0.25) is 0 Å². The standard InChI is InChI=1S/C9H6BNO6S2/c1-16-8(12)4-2-5-7(17-9(4)13)11-6(18-5)3-19(10,14)15/h2H,3H2,1H3. The first-order chi connectivity index (χ1) is 8.80. The molecule has 10 heteroatoms. The lowest BCUT2D eigenvalue weighted by molar-refractivity contribution is 0.0596. The van der Waals surface area contributed by atoms with Gasteiger partial charge < -0.3 is 9.15 Å². The van der Waals surface area contributed by atoms with Crippen LogP contribution in [0.1, 0.15) is 15.4 Å². The molecule has 0 fully saturated rings. The molecule has 0 aliphatic carbocycles. The van der Waals surface area contributed by atoms with Crippen molar-refractivity contribution >= 4 is 44.5 Å². The van der Waals surface area contributed by atoms with E-state index in [4.69, 9.17) is 11.5 Å². The summed E-state index contributed by atoms with van der Waals surface area (Å²) in [5.74, 6) is -1.30. The van der Waals surface area contributed by atoms with Gasteiger partial charge in [0, 0.05) is 0 Å². The second kappa shape index (κ2) is 4.78. The lowest BCUT2D eigenvalue weighted by Crippen LogP contribution is -2.14. The molecule has 98 valence electrons. The number of aromatic nitrogens is 1. The molecule has 0 unspecified atom stereocenters. The van der Waals surface area contributed by atoms with Crippen LogP contribution in [0.3, 0.4) is 0 Å². The molecule has 0 atom stereocenters. The van der Waals surface area contributed by atoms with Crippen LogP contribution in [-0.4, -0.2) is 33.6 Å². The maximum absolute atomic E-state index is 11.5. The number of ether oxygens (including phenoxy) is 1. The van der Waals surface area contributed by atoms with Gasteiger partial charge in [-0.25, -0.2) is 23.0 Å². The zero-order chi connectivity index (χ0) is 14.2. The largest absolute Gasteiger partial charge is 0.465 e. The summed E-state index contributed by atoms with van der Waals surface area (Å²) in [6, 6.07) is 1.25. The molecule has 0 aliphatic heterocycles. The number of methoxy groups -OCH3 is 1. The minimum Gasteiger partial charge on any atom is -0.465 e. The average Bonchev–Trinajstić information content (AvgIpc) is 2.65. The molecule has 2 aromatic rings. The summed E-state index contributed by atoms with van der Waals surface area (Å²) in [7, 11) is 2.29. The monoisotopic (exact) mass is 299 g/mol. The Labute approximate surface area is 112 Å². The zero-order valence-electron chi connectivity index (χ0n) is 9.58. The SMILES string of the molecule is [B]S(=O)(=O)Cc1nc2oc(=O)c(C(=O)OC)cc2s1. The van der Waals surface area contributed by atoms with Gasteiger partial charge in [0.25, 0.3) is 7.12 Å². The normalized spacial score (nSPS) is 11.6. The minimum absolute atomic E-state index is 0.0405. The fraction of sp³-hybridized carbons (Fsp3) is 0.222. The van der Waals surface area contributed by atoms with Gasteiger partial charge in [0.05, 0.1) is 27.3 Å². The Morgan fingerprint density at radius 2 is 2.26 bits per heavy atom. The number of esters is 1. The smallest absolute Gasteiger partial charge is 0.352 e. The number of thiazole rings is 1. The van der Waals surface area contributed by atoms with E-state index in [0.29, 0.717) is 4.70 Å². The lowest BCUT2D eigenvalue weighted by atomic mass is 10.3. The van der Waals surface area contributed by atoms with E-state index in [-0.39, 0.29) is 16.3 Å². The van der Waals surface area contributed by atoms with Crippen LogP contribution in [0.5, 0.6) is 0 Å². The average molecular weight is 299 g/mol. The van der Waals surface area contributed by atoms with Crippen molar-refractivity contribution < 1.29 is 22.4 Å². The highest BCUT2D eigenvalue weighted by molar-refractivity contribution is 8.11. The predicted molar refractivity (Wildman–Crippen MR) is 67.9 cm³/mol. The molecule has 2 rings (SSSR count). The molecule has 0 bridgehead atoms. The Morgan fingerprint density at radius 3 is 2.84 bits per heavy atom. The van der Waals surface area contributed by atoms with E-state index < -0.39 is 27.0 Å². The minimum atomic E-state index is -3.73. The quantitative estimate of drug-likeness (QED) is 0.582. The summed E-state index contributed by atoms with van der Waals surface area (Å²) >= 11 is 0.964. The summed E-state index contributed by atoms with van der Waals surface area (Å²) < 4.78 is 31.5. The van der Waals surface area contributed by atoms with Crippen molar-refractivity contribution in [3.8, 4) is 0 Å². The molecule has 7 nitrogen and oxygen atoms in total. The molecule has 0 amide bonds. The third kappa shape index (κ3) is 3.02. The maximum Gasteiger partial charge on any atom is 0.352 e. The van der Waals surface area contributed by atoms with Gasteiger partial charge in [-0.3, -0.25) is 0 Å². The van der Waals surface area contributed by atoms with E-state index in [2.05, 4.69) is 9.72 Å². The van der Waals surface area contributed by atoms with Crippen LogP contribution in [0, 0.1) is 0 Å². The van der Waals surface area contributed by atoms with E-state index in [1.165, 1.54) is 6.07 Å². The Balaban J connectivity index is 2.55. The molecular weight excluding hydrogens is 293 g/mol. The Hall–Kier alpha value is -1.68. The third-order valence-corrected chi connectivity index (χ3v) is 3.92. The topological polar surface area (TPSA) is 104 Å². The Kier molecular flexibility index (Phi) is 3.46. The van der Waals surface area contributed by atoms with Crippen molar-refractivity contribution in [2.24, 2.45) is 0 Å². The molecule has 0 N–H and O–H groups in total. The Bertz CT molecular complexity index is 806. The van der Waals surface area contributed by atoms with Gasteiger partial charge in [-0.05, 0) is 6.07 Å². The van der Waals surface area contributed by atoms with Crippen LogP contribution in [0.15, 0.2) is 15.3 Å². The number of rotatable bonds is 3. The molecular formula is C9H6BNO6S2. The summed E-state index contributed by atoms with van der Waals surface area (Å²) in [6.45, 7) is 0. The van der Waals surface area contributed by atoms with Crippen LogP contribution in [0.25, 0.3) is 10.4 Å². The van der Waals surface area contributed by atoms with Gasteiger partial charge in [-0.15, -0.1) is 11.3 Å². The van der Waals surface area contributed by atoms with Gasteiger partial charge in [-0.1, -0.05) is 0 Å². The molecule has 2 aromatic heterocycles. The van der Waals surface area contributed by atoms with Gasteiger partial charge in [0.15, 0.2) is 0 Å². The highest BCUT2D eigenvalue weighted by Gasteiger charge is 2.17. The molecule has 2 radical (unpaired) electrons. The van der Waals surface area contributed by atoms with E-state index in [0.717, 1.165) is 18.4 Å². The van der Waals surface area contributed by atoms with Crippen LogP contribution in [-0.2, 0) is 20.2 Å². The van der Waals surface area contributed by atoms with Crippen LogP contribution >= 0.6 is 11.3 Å². The summed E-state index contributed by atoms with van der Waals surface area (Å²) in [5.41, 5.74) is -1.21. The second-order valence-electron chi connectivity index (χ2n) is 3.52. The number of hydrogen-bond acceptors (Lipinski definition) is 8. The van der Waals surface area contributed by atoms with Crippen molar-refractivity contribution in [2.75, 3.05) is 7.11 Å². The van der Waals surface area contributed by atoms with Crippen molar-refractivity contribution in [1.82, 2.24) is 4.98 Å². The summed E-state index contributed by atoms with van der Waals surface area (Å²) in [4.78, 5) is 26.6. The maximum atomic E-state index is 11.5. The molecule has 2 heterocycles. The summed E-state index contributed by atoms with van der Waals surface area (Å²) in [6.07, 6.45) is 0. The fourth-order valence-corrected chi connectivity index (χ4v) is 3.22. The molecule has 0 aromatic carbocycles. The van der Waals surface area contributed by atoms with Crippen molar-refractivity contribution in [1.29, 1.82) is 0 Å². The Morgan fingerprint density at radius 1 is 1.58 bits per heavy atom. The van der Waals surface area contributed by atoms with Crippen molar-refractivity contribution in [3.63, 3.8) is 0 Å². The summed E-state index contributed by atoms with van der Waals surface area (Å²) in [5, 5.41) is 0.169. The molecule has 0 aliphatic rings. The van der Waals surface area contributed by atoms with Gasteiger partial charge >= 0.3 is 11.6 Å². The van der Waals surface area contributed by atoms with E-state index in [9.17, 15) is 18.0 Å². The molecule has 19 heavy (non-hydrogen) atoms. The highest BCUT2D eigenvalue weighted by atomic mass is 32.2. The predicted octanol–water partition coefficient (Wildman–Crippen LogP) is 0.0344. The van der Waals surface area contributed by atoms with E-state index in [1.807, 2.05) is 0 Å². The zero-order valence-corrected chi connectivity index (χ0v) is 11.2. The van der Waals surface area contributed by atoms with Crippen molar-refractivity contribution in [2.45, 2.75) is 5.75 Å². The highest BCUT2D eigenvalue weighted by Crippen LogP contribution is 2.23.